The molecule has 0 radical (unpaired) electrons. The molecule has 0 aromatic heterocycles. The van der Waals surface area contributed by atoms with Gasteiger partial charge >= 0.3 is 0 Å². The number of rotatable bonds is 5. The van der Waals surface area contributed by atoms with E-state index in [1.54, 1.807) is 6.92 Å². The lowest BCUT2D eigenvalue weighted by molar-refractivity contribution is 0.102. The van der Waals surface area contributed by atoms with E-state index in [0.717, 1.165) is 16.8 Å². The molecule has 0 saturated carbocycles. The monoisotopic (exact) mass is 332 g/mol. The van der Waals surface area contributed by atoms with Gasteiger partial charge in [0.25, 0.3) is 5.91 Å². The minimum absolute atomic E-state index is 0.141. The van der Waals surface area contributed by atoms with Gasteiger partial charge in [0.15, 0.2) is 0 Å². The van der Waals surface area contributed by atoms with Crippen LogP contribution in [-0.2, 0) is 10.0 Å². The van der Waals surface area contributed by atoms with Crippen LogP contribution in [0.5, 0.6) is 0 Å². The van der Waals surface area contributed by atoms with Crippen molar-refractivity contribution < 1.29 is 13.2 Å². The van der Waals surface area contributed by atoms with Crippen LogP contribution in [0.4, 0.5) is 5.69 Å². The molecule has 0 unspecified atom stereocenters. The maximum Gasteiger partial charge on any atom is 0.255 e. The Morgan fingerprint density at radius 2 is 1.57 bits per heavy atom. The fourth-order valence-electron chi connectivity index (χ4n) is 2.31. The molecule has 0 aliphatic rings. The van der Waals surface area contributed by atoms with Crippen LogP contribution in [0.15, 0.2) is 47.4 Å². The molecule has 0 bridgehead atoms. The molecule has 2 aromatic rings. The van der Waals surface area contributed by atoms with E-state index in [0.29, 0.717) is 12.1 Å². The number of sulfonamides is 1. The fourth-order valence-corrected chi connectivity index (χ4v) is 3.35. The van der Waals surface area contributed by atoms with Crippen molar-refractivity contribution in [2.45, 2.75) is 25.7 Å². The molecule has 122 valence electrons. The van der Waals surface area contributed by atoms with Crippen LogP contribution in [0.25, 0.3) is 0 Å². The predicted octanol–water partition coefficient (Wildman–Crippen LogP) is 2.85. The van der Waals surface area contributed by atoms with Crippen molar-refractivity contribution in [3.63, 3.8) is 0 Å². The standard InChI is InChI=1S/C17H20N2O3S/c1-4-18-23(21,22)16-7-5-14(6-8-16)17(20)19-15-10-12(2)9-13(3)11-15/h5-11,18H,4H2,1-3H3,(H,19,20). The lowest BCUT2D eigenvalue weighted by Crippen LogP contribution is -2.23. The van der Waals surface area contributed by atoms with Crippen molar-refractivity contribution in [2.24, 2.45) is 0 Å². The number of hydrogen-bond acceptors (Lipinski definition) is 3. The maximum absolute atomic E-state index is 12.2. The van der Waals surface area contributed by atoms with Crippen molar-refractivity contribution >= 4 is 21.6 Å². The van der Waals surface area contributed by atoms with E-state index in [4.69, 9.17) is 0 Å². The topological polar surface area (TPSA) is 75.3 Å². The van der Waals surface area contributed by atoms with Gasteiger partial charge in [-0.2, -0.15) is 0 Å². The van der Waals surface area contributed by atoms with Crippen molar-refractivity contribution in [1.29, 1.82) is 0 Å². The van der Waals surface area contributed by atoms with Crippen molar-refractivity contribution in [2.75, 3.05) is 11.9 Å². The highest BCUT2D eigenvalue weighted by Crippen LogP contribution is 2.16. The van der Waals surface area contributed by atoms with Gasteiger partial charge in [0.05, 0.1) is 4.90 Å². The Morgan fingerprint density at radius 1 is 1.00 bits per heavy atom. The SMILES string of the molecule is CCNS(=O)(=O)c1ccc(C(=O)Nc2cc(C)cc(C)c2)cc1. The van der Waals surface area contributed by atoms with E-state index < -0.39 is 10.0 Å². The van der Waals surface area contributed by atoms with E-state index in [1.807, 2.05) is 32.0 Å². The van der Waals surface area contributed by atoms with Gasteiger partial charge in [-0.25, -0.2) is 13.1 Å². The molecule has 1 amide bonds. The second kappa shape index (κ2) is 6.93. The average molecular weight is 332 g/mol. The van der Waals surface area contributed by atoms with Gasteiger partial charge < -0.3 is 5.32 Å². The van der Waals surface area contributed by atoms with Gasteiger partial charge in [0.1, 0.15) is 0 Å². The van der Waals surface area contributed by atoms with Gasteiger partial charge in [-0.05, 0) is 61.4 Å². The lowest BCUT2D eigenvalue weighted by atomic mass is 10.1. The Morgan fingerprint density at radius 3 is 2.09 bits per heavy atom. The summed E-state index contributed by atoms with van der Waals surface area (Å²) in [6.07, 6.45) is 0. The number of benzene rings is 2. The third kappa shape index (κ3) is 4.40. The van der Waals surface area contributed by atoms with Gasteiger partial charge in [-0.15, -0.1) is 0 Å². The van der Waals surface area contributed by atoms with Gasteiger partial charge in [-0.3, -0.25) is 4.79 Å². The molecule has 0 heterocycles. The number of aryl methyl sites for hydroxylation is 2. The first-order valence-corrected chi connectivity index (χ1v) is 8.79. The van der Waals surface area contributed by atoms with Gasteiger partial charge in [0, 0.05) is 17.8 Å². The summed E-state index contributed by atoms with van der Waals surface area (Å²) in [6.45, 7) is 5.95. The first-order valence-electron chi connectivity index (χ1n) is 7.31. The largest absolute Gasteiger partial charge is 0.322 e. The summed E-state index contributed by atoms with van der Waals surface area (Å²) >= 11 is 0. The summed E-state index contributed by atoms with van der Waals surface area (Å²) in [5, 5.41) is 2.82. The Labute approximate surface area is 136 Å². The van der Waals surface area contributed by atoms with E-state index in [-0.39, 0.29) is 10.8 Å². The number of carbonyl (C=O) groups is 1. The van der Waals surface area contributed by atoms with Crippen LogP contribution in [0.1, 0.15) is 28.4 Å². The quantitative estimate of drug-likeness (QED) is 0.884. The Kier molecular flexibility index (Phi) is 5.18. The lowest BCUT2D eigenvalue weighted by Gasteiger charge is -2.09. The summed E-state index contributed by atoms with van der Waals surface area (Å²) in [7, 11) is -3.50. The zero-order chi connectivity index (χ0) is 17.0. The summed E-state index contributed by atoms with van der Waals surface area (Å²) in [4.78, 5) is 12.4. The normalized spacial score (nSPS) is 11.3. The molecule has 2 rings (SSSR count). The van der Waals surface area contributed by atoms with Crippen LogP contribution >= 0.6 is 0 Å². The van der Waals surface area contributed by atoms with E-state index >= 15 is 0 Å². The molecule has 6 heteroatoms. The van der Waals surface area contributed by atoms with E-state index in [2.05, 4.69) is 10.0 Å². The molecule has 5 nitrogen and oxygen atoms in total. The van der Waals surface area contributed by atoms with E-state index in [9.17, 15) is 13.2 Å². The first kappa shape index (κ1) is 17.2. The zero-order valence-electron chi connectivity index (χ0n) is 13.4. The molecule has 0 fully saturated rings. The molecule has 2 N–H and O–H groups in total. The second-order valence-electron chi connectivity index (χ2n) is 5.36. The molecule has 0 atom stereocenters. The van der Waals surface area contributed by atoms with Crippen LogP contribution in [0, 0.1) is 13.8 Å². The average Bonchev–Trinajstić information content (AvgIpc) is 2.46. The van der Waals surface area contributed by atoms with Gasteiger partial charge in [-0.1, -0.05) is 13.0 Å². The zero-order valence-corrected chi connectivity index (χ0v) is 14.2. The van der Waals surface area contributed by atoms with E-state index in [1.165, 1.54) is 24.3 Å². The molecule has 0 spiro atoms. The number of carbonyl (C=O) groups excluding carboxylic acids is 1. The summed E-state index contributed by atoms with van der Waals surface area (Å²) < 4.78 is 26.1. The third-order valence-electron chi connectivity index (χ3n) is 3.24. The number of anilines is 1. The number of hydrogen-bond donors (Lipinski definition) is 2. The minimum atomic E-state index is -3.50. The summed E-state index contributed by atoms with van der Waals surface area (Å²) in [6, 6.07) is 11.6. The minimum Gasteiger partial charge on any atom is -0.322 e. The van der Waals surface area contributed by atoms with Crippen molar-refractivity contribution in [3.05, 3.63) is 59.2 Å². The summed E-state index contributed by atoms with van der Waals surface area (Å²) in [5.41, 5.74) is 3.25. The maximum atomic E-state index is 12.2. The number of nitrogens with one attached hydrogen (secondary N) is 2. The Balaban J connectivity index is 2.17. The van der Waals surface area contributed by atoms with Crippen molar-refractivity contribution in [3.8, 4) is 0 Å². The Hall–Kier alpha value is -2.18. The fraction of sp³-hybridized carbons (Fsp3) is 0.235. The highest BCUT2D eigenvalue weighted by atomic mass is 32.2. The molecule has 23 heavy (non-hydrogen) atoms. The first-order chi connectivity index (χ1) is 10.8. The van der Waals surface area contributed by atoms with Crippen molar-refractivity contribution in [1.82, 2.24) is 4.72 Å². The van der Waals surface area contributed by atoms with Crippen LogP contribution in [-0.4, -0.2) is 20.9 Å². The molecule has 2 aromatic carbocycles. The molecular formula is C17H20N2O3S. The predicted molar refractivity (Wildman–Crippen MR) is 91.2 cm³/mol. The highest BCUT2D eigenvalue weighted by Gasteiger charge is 2.13. The van der Waals surface area contributed by atoms with Crippen LogP contribution < -0.4 is 10.0 Å². The van der Waals surface area contributed by atoms with Crippen LogP contribution in [0.2, 0.25) is 0 Å². The molecule has 0 saturated heterocycles. The molecular weight excluding hydrogens is 312 g/mol. The number of amides is 1. The highest BCUT2D eigenvalue weighted by molar-refractivity contribution is 7.89. The molecule has 0 aliphatic carbocycles. The van der Waals surface area contributed by atoms with Gasteiger partial charge in [0.2, 0.25) is 10.0 Å². The van der Waals surface area contributed by atoms with Crippen LogP contribution in [0.3, 0.4) is 0 Å². The molecule has 0 aliphatic heterocycles. The summed E-state index contributed by atoms with van der Waals surface area (Å²) in [5.74, 6) is -0.276. The smallest absolute Gasteiger partial charge is 0.255 e. The third-order valence-corrected chi connectivity index (χ3v) is 4.80. The Bertz CT molecular complexity index is 792. The second-order valence-corrected chi connectivity index (χ2v) is 7.12.